The van der Waals surface area contributed by atoms with Crippen LogP contribution in [0.3, 0.4) is 0 Å². The lowest BCUT2D eigenvalue weighted by atomic mass is 10.1. The molecule has 1 N–H and O–H groups in total. The van der Waals surface area contributed by atoms with E-state index in [9.17, 15) is 5.11 Å². The zero-order chi connectivity index (χ0) is 20.7. The number of thioether (sulfide) groups is 1. The van der Waals surface area contributed by atoms with Crippen molar-refractivity contribution < 1.29 is 9.84 Å². The van der Waals surface area contributed by atoms with Crippen molar-refractivity contribution in [2.24, 2.45) is 0 Å². The SMILES string of the molecule is CCc1cc(Cn2ccnc2SCCc2ccccn2)ccc1OCC(C)(C)O. The molecule has 0 aliphatic rings. The highest BCUT2D eigenvalue weighted by molar-refractivity contribution is 7.99. The smallest absolute Gasteiger partial charge is 0.168 e. The Morgan fingerprint density at radius 3 is 2.72 bits per heavy atom. The maximum absolute atomic E-state index is 9.90. The van der Waals surface area contributed by atoms with E-state index in [-0.39, 0.29) is 6.61 Å². The highest BCUT2D eigenvalue weighted by Crippen LogP contribution is 2.24. The molecule has 0 fully saturated rings. The van der Waals surface area contributed by atoms with Crippen LogP contribution in [-0.4, -0.2) is 37.6 Å². The van der Waals surface area contributed by atoms with E-state index in [0.717, 1.165) is 47.3 Å². The van der Waals surface area contributed by atoms with Gasteiger partial charge in [-0.2, -0.15) is 0 Å². The van der Waals surface area contributed by atoms with Gasteiger partial charge in [0.15, 0.2) is 5.16 Å². The summed E-state index contributed by atoms with van der Waals surface area (Å²) in [7, 11) is 0. The number of pyridine rings is 1. The minimum atomic E-state index is -0.845. The highest BCUT2D eigenvalue weighted by Gasteiger charge is 2.15. The number of aliphatic hydroxyl groups is 1. The summed E-state index contributed by atoms with van der Waals surface area (Å²) in [6.45, 7) is 6.66. The van der Waals surface area contributed by atoms with Gasteiger partial charge >= 0.3 is 0 Å². The van der Waals surface area contributed by atoms with Crippen molar-refractivity contribution in [1.82, 2.24) is 14.5 Å². The second kappa shape index (κ2) is 9.94. The highest BCUT2D eigenvalue weighted by atomic mass is 32.2. The molecule has 5 nitrogen and oxygen atoms in total. The van der Waals surface area contributed by atoms with E-state index in [1.54, 1.807) is 25.6 Å². The number of aryl methyl sites for hydroxylation is 2. The monoisotopic (exact) mass is 411 g/mol. The molecule has 0 aliphatic carbocycles. The Morgan fingerprint density at radius 2 is 2.00 bits per heavy atom. The maximum atomic E-state index is 9.90. The predicted octanol–water partition coefficient (Wildman–Crippen LogP) is 4.37. The van der Waals surface area contributed by atoms with Gasteiger partial charge in [0.05, 0.1) is 5.60 Å². The predicted molar refractivity (Wildman–Crippen MR) is 118 cm³/mol. The number of hydrogen-bond donors (Lipinski definition) is 1. The number of rotatable bonds is 10. The van der Waals surface area contributed by atoms with Crippen molar-refractivity contribution >= 4 is 11.8 Å². The summed E-state index contributed by atoms with van der Waals surface area (Å²) in [4.78, 5) is 8.89. The van der Waals surface area contributed by atoms with Crippen LogP contribution in [0, 0.1) is 0 Å². The third kappa shape index (κ3) is 6.61. The molecule has 3 rings (SSSR count). The summed E-state index contributed by atoms with van der Waals surface area (Å²) >= 11 is 1.75. The molecular weight excluding hydrogens is 382 g/mol. The Hall–Kier alpha value is -2.31. The number of imidazole rings is 1. The molecule has 29 heavy (non-hydrogen) atoms. The van der Waals surface area contributed by atoms with Gasteiger partial charge in [0, 0.05) is 36.6 Å². The molecule has 1 aromatic carbocycles. The molecule has 154 valence electrons. The number of aromatic nitrogens is 3. The number of ether oxygens (including phenoxy) is 1. The summed E-state index contributed by atoms with van der Waals surface area (Å²) in [5.74, 6) is 1.78. The normalized spacial score (nSPS) is 11.6. The molecule has 0 aliphatic heterocycles. The summed E-state index contributed by atoms with van der Waals surface area (Å²) in [6, 6.07) is 12.3. The van der Waals surface area contributed by atoms with E-state index < -0.39 is 5.60 Å². The van der Waals surface area contributed by atoms with Crippen LogP contribution in [-0.2, 0) is 19.4 Å². The lowest BCUT2D eigenvalue weighted by Crippen LogP contribution is -2.28. The molecule has 0 saturated carbocycles. The summed E-state index contributed by atoms with van der Waals surface area (Å²) in [6.07, 6.45) is 7.51. The average Bonchev–Trinajstić information content (AvgIpc) is 3.14. The second-order valence-corrected chi connectivity index (χ2v) is 8.72. The summed E-state index contributed by atoms with van der Waals surface area (Å²) in [5, 5.41) is 10.9. The first-order chi connectivity index (χ1) is 13.9. The number of hydrogen-bond acceptors (Lipinski definition) is 5. The van der Waals surface area contributed by atoms with E-state index in [1.165, 1.54) is 5.56 Å². The number of nitrogens with zero attached hydrogens (tertiary/aromatic N) is 3. The van der Waals surface area contributed by atoms with Gasteiger partial charge in [-0.25, -0.2) is 4.98 Å². The topological polar surface area (TPSA) is 60.2 Å². The van der Waals surface area contributed by atoms with Crippen LogP contribution >= 0.6 is 11.8 Å². The molecule has 3 aromatic rings. The third-order valence-electron chi connectivity index (χ3n) is 4.43. The Kier molecular flexibility index (Phi) is 7.34. The van der Waals surface area contributed by atoms with E-state index in [0.29, 0.717) is 0 Å². The Labute approximate surface area is 177 Å². The lowest BCUT2D eigenvalue weighted by Gasteiger charge is -2.20. The van der Waals surface area contributed by atoms with E-state index in [4.69, 9.17) is 4.74 Å². The molecule has 2 heterocycles. The van der Waals surface area contributed by atoms with E-state index in [1.807, 2.05) is 36.8 Å². The lowest BCUT2D eigenvalue weighted by molar-refractivity contribution is 0.0282. The molecule has 0 amide bonds. The van der Waals surface area contributed by atoms with Crippen molar-refractivity contribution in [3.8, 4) is 5.75 Å². The quantitative estimate of drug-likeness (QED) is 0.502. The number of benzene rings is 1. The van der Waals surface area contributed by atoms with Gasteiger partial charge in [-0.05, 0) is 56.0 Å². The Balaban J connectivity index is 1.62. The van der Waals surface area contributed by atoms with Crippen molar-refractivity contribution in [3.05, 3.63) is 71.8 Å². The van der Waals surface area contributed by atoms with E-state index in [2.05, 4.69) is 39.7 Å². The fourth-order valence-electron chi connectivity index (χ4n) is 2.95. The molecular formula is C23H29N3O2S. The fraction of sp³-hybridized carbons (Fsp3) is 0.391. The molecule has 0 spiro atoms. The zero-order valence-corrected chi connectivity index (χ0v) is 18.2. The second-order valence-electron chi connectivity index (χ2n) is 7.65. The Bertz CT molecular complexity index is 904. The minimum Gasteiger partial charge on any atom is -0.490 e. The Morgan fingerprint density at radius 1 is 1.14 bits per heavy atom. The van der Waals surface area contributed by atoms with Gasteiger partial charge in [-0.15, -0.1) is 0 Å². The van der Waals surface area contributed by atoms with Gasteiger partial charge in [-0.1, -0.05) is 36.9 Å². The first-order valence-corrected chi connectivity index (χ1v) is 10.9. The average molecular weight is 412 g/mol. The largest absolute Gasteiger partial charge is 0.490 e. The van der Waals surface area contributed by atoms with Crippen molar-refractivity contribution in [3.63, 3.8) is 0 Å². The van der Waals surface area contributed by atoms with Crippen molar-refractivity contribution in [2.45, 2.75) is 50.9 Å². The first kappa shape index (κ1) is 21.4. The standard InChI is InChI=1S/C23H29N3O2S/c1-4-19-15-18(8-9-21(19)28-17-23(2,3)27)16-26-13-12-25-22(26)29-14-10-20-7-5-6-11-24-20/h5-9,11-13,15,27H,4,10,14,16-17H2,1-3H3. The molecule has 0 saturated heterocycles. The maximum Gasteiger partial charge on any atom is 0.168 e. The molecule has 0 unspecified atom stereocenters. The third-order valence-corrected chi connectivity index (χ3v) is 5.44. The van der Waals surface area contributed by atoms with E-state index >= 15 is 0 Å². The molecule has 2 aromatic heterocycles. The van der Waals surface area contributed by atoms with Crippen LogP contribution in [0.2, 0.25) is 0 Å². The van der Waals surface area contributed by atoms with Crippen LogP contribution in [0.1, 0.15) is 37.6 Å². The first-order valence-electron chi connectivity index (χ1n) is 9.95. The molecule has 0 bridgehead atoms. The van der Waals surface area contributed by atoms with Gasteiger partial charge in [0.1, 0.15) is 12.4 Å². The van der Waals surface area contributed by atoms with Crippen molar-refractivity contribution in [2.75, 3.05) is 12.4 Å². The minimum absolute atomic E-state index is 0.276. The molecule has 0 radical (unpaired) electrons. The zero-order valence-electron chi connectivity index (χ0n) is 17.3. The fourth-order valence-corrected chi connectivity index (χ4v) is 3.87. The summed E-state index contributed by atoms with van der Waals surface area (Å²) in [5.41, 5.74) is 2.62. The van der Waals surface area contributed by atoms with Gasteiger partial charge < -0.3 is 14.4 Å². The van der Waals surface area contributed by atoms with Crippen LogP contribution < -0.4 is 4.74 Å². The van der Waals surface area contributed by atoms with Gasteiger partial charge in [-0.3, -0.25) is 4.98 Å². The van der Waals surface area contributed by atoms with Gasteiger partial charge in [0.25, 0.3) is 0 Å². The molecule has 0 atom stereocenters. The van der Waals surface area contributed by atoms with Crippen LogP contribution in [0.4, 0.5) is 0 Å². The summed E-state index contributed by atoms with van der Waals surface area (Å²) < 4.78 is 8.00. The van der Waals surface area contributed by atoms with Crippen molar-refractivity contribution in [1.29, 1.82) is 0 Å². The van der Waals surface area contributed by atoms with Crippen LogP contribution in [0.25, 0.3) is 0 Å². The van der Waals surface area contributed by atoms with Crippen LogP contribution in [0.5, 0.6) is 5.75 Å². The van der Waals surface area contributed by atoms with Crippen LogP contribution in [0.15, 0.2) is 60.1 Å². The van der Waals surface area contributed by atoms with Gasteiger partial charge in [0.2, 0.25) is 0 Å². The molecule has 6 heteroatoms.